The number of rotatable bonds is 8. The molecule has 0 saturated heterocycles. The van der Waals surface area contributed by atoms with Crippen LogP contribution in [0.2, 0.25) is 0 Å². The molecule has 1 saturated carbocycles. The van der Waals surface area contributed by atoms with Crippen LogP contribution in [0.5, 0.6) is 0 Å². The van der Waals surface area contributed by atoms with Crippen molar-refractivity contribution >= 4 is 0 Å². The third kappa shape index (κ3) is 4.62. The van der Waals surface area contributed by atoms with E-state index in [1.165, 1.54) is 57.1 Å². The van der Waals surface area contributed by atoms with Gasteiger partial charge in [-0.1, -0.05) is 46.0 Å². The maximum atomic E-state index is 4.84. The Bertz CT molecular complexity index is 366. The SMILES string of the molecule is CCCCC(Cc1ccn(C2CCCCC2)n1)NCC. The Morgan fingerprint density at radius 1 is 1.30 bits per heavy atom. The highest BCUT2D eigenvalue weighted by atomic mass is 15.3. The van der Waals surface area contributed by atoms with Crippen molar-refractivity contribution in [1.29, 1.82) is 0 Å². The summed E-state index contributed by atoms with van der Waals surface area (Å²) in [6.45, 7) is 5.51. The highest BCUT2D eigenvalue weighted by Crippen LogP contribution is 2.27. The summed E-state index contributed by atoms with van der Waals surface area (Å²) in [7, 11) is 0. The summed E-state index contributed by atoms with van der Waals surface area (Å²) in [5.41, 5.74) is 1.26. The lowest BCUT2D eigenvalue weighted by atomic mass is 9.96. The van der Waals surface area contributed by atoms with E-state index in [9.17, 15) is 0 Å². The van der Waals surface area contributed by atoms with Crippen LogP contribution in [-0.4, -0.2) is 22.4 Å². The maximum Gasteiger partial charge on any atom is 0.0640 e. The van der Waals surface area contributed by atoms with Gasteiger partial charge in [0.05, 0.1) is 11.7 Å². The second-order valence-electron chi connectivity index (χ2n) is 6.18. The van der Waals surface area contributed by atoms with E-state index in [1.54, 1.807) is 0 Å². The molecular weight excluding hydrogens is 246 g/mol. The summed E-state index contributed by atoms with van der Waals surface area (Å²) in [5.74, 6) is 0. The first-order chi connectivity index (χ1) is 9.83. The summed E-state index contributed by atoms with van der Waals surface area (Å²) in [4.78, 5) is 0. The van der Waals surface area contributed by atoms with Gasteiger partial charge in [0.25, 0.3) is 0 Å². The number of likely N-dealkylation sites (N-methyl/N-ethyl adjacent to an activating group) is 1. The molecule has 1 aromatic rings. The van der Waals surface area contributed by atoms with Gasteiger partial charge in [-0.15, -0.1) is 0 Å². The third-order valence-electron chi connectivity index (χ3n) is 4.47. The fourth-order valence-corrected chi connectivity index (χ4v) is 3.30. The maximum absolute atomic E-state index is 4.84. The zero-order valence-corrected chi connectivity index (χ0v) is 13.3. The van der Waals surface area contributed by atoms with Crippen molar-refractivity contribution in [3.63, 3.8) is 0 Å². The third-order valence-corrected chi connectivity index (χ3v) is 4.47. The molecule has 1 N–H and O–H groups in total. The van der Waals surface area contributed by atoms with Crippen LogP contribution in [0, 0.1) is 0 Å². The van der Waals surface area contributed by atoms with Crippen LogP contribution in [0.1, 0.15) is 76.9 Å². The molecule has 3 heteroatoms. The molecule has 1 heterocycles. The molecule has 1 aliphatic rings. The van der Waals surface area contributed by atoms with Crippen LogP contribution >= 0.6 is 0 Å². The Labute approximate surface area is 124 Å². The van der Waals surface area contributed by atoms with E-state index in [4.69, 9.17) is 5.10 Å². The normalized spacial score (nSPS) is 18.3. The van der Waals surface area contributed by atoms with E-state index in [2.05, 4.69) is 36.1 Å². The number of nitrogens with one attached hydrogen (secondary N) is 1. The Morgan fingerprint density at radius 2 is 2.10 bits per heavy atom. The molecule has 0 amide bonds. The van der Waals surface area contributed by atoms with Crippen LogP contribution in [0.3, 0.4) is 0 Å². The van der Waals surface area contributed by atoms with Crippen molar-refractivity contribution in [1.82, 2.24) is 15.1 Å². The first-order valence-corrected chi connectivity index (χ1v) is 8.61. The summed E-state index contributed by atoms with van der Waals surface area (Å²) in [6, 6.07) is 3.48. The van der Waals surface area contributed by atoms with Gasteiger partial charge in [-0.3, -0.25) is 4.68 Å². The number of hydrogen-bond acceptors (Lipinski definition) is 2. The van der Waals surface area contributed by atoms with Crippen LogP contribution in [-0.2, 0) is 6.42 Å². The molecule has 3 nitrogen and oxygen atoms in total. The van der Waals surface area contributed by atoms with E-state index in [0.29, 0.717) is 12.1 Å². The molecule has 1 aliphatic carbocycles. The van der Waals surface area contributed by atoms with Gasteiger partial charge in [-0.05, 0) is 31.9 Å². The fraction of sp³-hybridized carbons (Fsp3) is 0.824. The minimum Gasteiger partial charge on any atom is -0.314 e. The Kier molecular flexibility index (Phi) is 6.58. The van der Waals surface area contributed by atoms with Gasteiger partial charge in [0.1, 0.15) is 0 Å². The van der Waals surface area contributed by atoms with Crippen molar-refractivity contribution in [2.75, 3.05) is 6.54 Å². The van der Waals surface area contributed by atoms with E-state index in [-0.39, 0.29) is 0 Å². The van der Waals surface area contributed by atoms with Gasteiger partial charge < -0.3 is 5.32 Å². The average molecular weight is 277 g/mol. The standard InChI is InChI=1S/C17H31N3/c1-3-5-9-15(18-4-2)14-16-12-13-20(19-16)17-10-7-6-8-11-17/h12-13,15,17-18H,3-11,14H2,1-2H3. The minimum absolute atomic E-state index is 0.592. The van der Waals surface area contributed by atoms with Crippen molar-refractivity contribution in [2.24, 2.45) is 0 Å². The molecule has 1 unspecified atom stereocenters. The van der Waals surface area contributed by atoms with Gasteiger partial charge in [0.2, 0.25) is 0 Å². The smallest absolute Gasteiger partial charge is 0.0640 e. The monoisotopic (exact) mass is 277 g/mol. The highest BCUT2D eigenvalue weighted by molar-refractivity contribution is 5.02. The zero-order valence-electron chi connectivity index (χ0n) is 13.3. The molecule has 114 valence electrons. The summed E-state index contributed by atoms with van der Waals surface area (Å²) in [5, 5.41) is 8.45. The van der Waals surface area contributed by atoms with E-state index >= 15 is 0 Å². The molecule has 0 aromatic carbocycles. The molecule has 1 fully saturated rings. The van der Waals surface area contributed by atoms with E-state index in [1.807, 2.05) is 0 Å². The number of unbranched alkanes of at least 4 members (excludes halogenated alkanes) is 1. The quantitative estimate of drug-likeness (QED) is 0.775. The number of nitrogens with zero attached hydrogens (tertiary/aromatic N) is 2. The predicted molar refractivity (Wildman–Crippen MR) is 85.0 cm³/mol. The fourth-order valence-electron chi connectivity index (χ4n) is 3.30. The van der Waals surface area contributed by atoms with E-state index in [0.717, 1.165) is 13.0 Å². The highest BCUT2D eigenvalue weighted by Gasteiger charge is 2.17. The second-order valence-corrected chi connectivity index (χ2v) is 6.18. The Hall–Kier alpha value is -0.830. The summed E-state index contributed by atoms with van der Waals surface area (Å²) in [6.07, 6.45) is 13.9. The Morgan fingerprint density at radius 3 is 2.80 bits per heavy atom. The topological polar surface area (TPSA) is 29.9 Å². The molecule has 1 aromatic heterocycles. The molecule has 20 heavy (non-hydrogen) atoms. The second kappa shape index (κ2) is 8.46. The first kappa shape index (κ1) is 15.6. The van der Waals surface area contributed by atoms with Gasteiger partial charge in [0.15, 0.2) is 0 Å². The van der Waals surface area contributed by atoms with Gasteiger partial charge in [-0.2, -0.15) is 5.10 Å². The van der Waals surface area contributed by atoms with Crippen molar-refractivity contribution in [3.05, 3.63) is 18.0 Å². The molecular formula is C17H31N3. The average Bonchev–Trinajstić information content (AvgIpc) is 2.94. The van der Waals surface area contributed by atoms with Crippen molar-refractivity contribution < 1.29 is 0 Å². The van der Waals surface area contributed by atoms with Gasteiger partial charge >= 0.3 is 0 Å². The van der Waals surface area contributed by atoms with Gasteiger partial charge in [0, 0.05) is 18.7 Å². The lowest BCUT2D eigenvalue weighted by Gasteiger charge is -2.22. The lowest BCUT2D eigenvalue weighted by Crippen LogP contribution is -2.31. The summed E-state index contributed by atoms with van der Waals surface area (Å²) < 4.78 is 2.23. The molecule has 0 spiro atoms. The largest absolute Gasteiger partial charge is 0.314 e. The zero-order chi connectivity index (χ0) is 14.2. The van der Waals surface area contributed by atoms with Crippen molar-refractivity contribution in [2.45, 2.75) is 83.7 Å². The summed E-state index contributed by atoms with van der Waals surface area (Å²) >= 11 is 0. The van der Waals surface area contributed by atoms with Gasteiger partial charge in [-0.25, -0.2) is 0 Å². The van der Waals surface area contributed by atoms with Crippen LogP contribution in [0.4, 0.5) is 0 Å². The molecule has 0 bridgehead atoms. The Balaban J connectivity index is 1.89. The minimum atomic E-state index is 0.592. The van der Waals surface area contributed by atoms with E-state index < -0.39 is 0 Å². The van der Waals surface area contributed by atoms with Crippen LogP contribution < -0.4 is 5.32 Å². The van der Waals surface area contributed by atoms with Crippen LogP contribution in [0.25, 0.3) is 0 Å². The molecule has 2 rings (SSSR count). The number of aromatic nitrogens is 2. The first-order valence-electron chi connectivity index (χ1n) is 8.61. The van der Waals surface area contributed by atoms with Crippen LogP contribution in [0.15, 0.2) is 12.3 Å². The van der Waals surface area contributed by atoms with Crippen molar-refractivity contribution in [3.8, 4) is 0 Å². The molecule has 0 radical (unpaired) electrons. The predicted octanol–water partition coefficient (Wildman–Crippen LogP) is 4.10. The lowest BCUT2D eigenvalue weighted by molar-refractivity contribution is 0.327. The number of hydrogen-bond donors (Lipinski definition) is 1. The molecule has 0 aliphatic heterocycles. The molecule has 1 atom stereocenters.